The highest BCUT2D eigenvalue weighted by molar-refractivity contribution is 7.99. The van der Waals surface area contributed by atoms with Crippen molar-refractivity contribution in [3.8, 4) is 0 Å². The smallest absolute Gasteiger partial charge is 0.254 e. The van der Waals surface area contributed by atoms with Gasteiger partial charge in [-0.3, -0.25) is 9.59 Å². The summed E-state index contributed by atoms with van der Waals surface area (Å²) >= 11 is 1.34. The number of anilines is 1. The summed E-state index contributed by atoms with van der Waals surface area (Å²) in [5.74, 6) is 1.28. The van der Waals surface area contributed by atoms with E-state index >= 15 is 0 Å². The Kier molecular flexibility index (Phi) is 8.25. The molecule has 0 radical (unpaired) electrons. The molecular formula is C28H33N5O2S. The van der Waals surface area contributed by atoms with E-state index in [9.17, 15) is 9.59 Å². The number of thioether (sulfide) groups is 1. The second-order valence-corrected chi connectivity index (χ2v) is 10.3. The minimum Gasteiger partial charge on any atom is -0.328 e. The Morgan fingerprint density at radius 1 is 1.14 bits per heavy atom. The fourth-order valence-electron chi connectivity index (χ4n) is 4.37. The molecule has 1 unspecified atom stereocenters. The summed E-state index contributed by atoms with van der Waals surface area (Å²) in [6.45, 7) is 11.4. The normalized spacial score (nSPS) is 15.3. The van der Waals surface area contributed by atoms with Gasteiger partial charge in [0, 0.05) is 24.3 Å². The molecule has 1 aromatic heterocycles. The minimum absolute atomic E-state index is 0.00252. The van der Waals surface area contributed by atoms with Gasteiger partial charge in [-0.05, 0) is 55.5 Å². The number of amides is 2. The number of rotatable bonds is 9. The van der Waals surface area contributed by atoms with E-state index in [4.69, 9.17) is 0 Å². The predicted octanol–water partition coefficient (Wildman–Crippen LogP) is 5.60. The molecule has 2 aromatic carbocycles. The van der Waals surface area contributed by atoms with E-state index in [2.05, 4.69) is 35.9 Å². The molecule has 1 aliphatic rings. The van der Waals surface area contributed by atoms with E-state index < -0.39 is 0 Å². The van der Waals surface area contributed by atoms with Gasteiger partial charge in [-0.1, -0.05) is 61.5 Å². The summed E-state index contributed by atoms with van der Waals surface area (Å²) in [6.07, 6.45) is 3.52. The van der Waals surface area contributed by atoms with Gasteiger partial charge < -0.3 is 14.8 Å². The molecule has 7 nitrogen and oxygen atoms in total. The Labute approximate surface area is 217 Å². The fraction of sp³-hybridized carbons (Fsp3) is 0.357. The van der Waals surface area contributed by atoms with Gasteiger partial charge in [0.15, 0.2) is 11.0 Å². The number of nitrogens with one attached hydrogen (secondary N) is 1. The maximum absolute atomic E-state index is 13.3. The maximum Gasteiger partial charge on any atom is 0.254 e. The van der Waals surface area contributed by atoms with Crippen LogP contribution in [0, 0.1) is 6.92 Å². The van der Waals surface area contributed by atoms with Crippen LogP contribution in [0.1, 0.15) is 66.0 Å². The standard InChI is InChI=1S/C28H33N5O2S/c1-5-16-33-26(24-7-6-17-32(24)27(35)22-10-8-20(4)9-11-22)30-31-28(33)36-18-25(34)29-23-14-12-21(13-15-23)19(2)3/h5,8-15,19,24H,1,6-7,16-18H2,2-4H3,(H,29,34). The molecular weight excluding hydrogens is 470 g/mol. The monoisotopic (exact) mass is 503 g/mol. The van der Waals surface area contributed by atoms with Crippen LogP contribution in [-0.4, -0.2) is 43.8 Å². The molecule has 1 saturated heterocycles. The van der Waals surface area contributed by atoms with Gasteiger partial charge in [0.25, 0.3) is 5.91 Å². The topological polar surface area (TPSA) is 80.1 Å². The lowest BCUT2D eigenvalue weighted by Crippen LogP contribution is -2.32. The van der Waals surface area contributed by atoms with Gasteiger partial charge in [0.1, 0.15) is 0 Å². The number of aromatic nitrogens is 3. The van der Waals surface area contributed by atoms with Crippen LogP contribution in [0.3, 0.4) is 0 Å². The first-order valence-electron chi connectivity index (χ1n) is 12.3. The van der Waals surface area contributed by atoms with Gasteiger partial charge in [-0.15, -0.1) is 16.8 Å². The third-order valence-electron chi connectivity index (χ3n) is 6.36. The highest BCUT2D eigenvalue weighted by Crippen LogP contribution is 2.34. The lowest BCUT2D eigenvalue weighted by atomic mass is 10.0. The third kappa shape index (κ3) is 5.87. The van der Waals surface area contributed by atoms with E-state index in [0.717, 1.165) is 29.9 Å². The Balaban J connectivity index is 1.45. The van der Waals surface area contributed by atoms with Crippen molar-refractivity contribution in [3.63, 3.8) is 0 Å². The average molecular weight is 504 g/mol. The molecule has 188 valence electrons. The first kappa shape index (κ1) is 25.7. The van der Waals surface area contributed by atoms with Crippen molar-refractivity contribution in [1.29, 1.82) is 0 Å². The largest absolute Gasteiger partial charge is 0.328 e. The molecule has 8 heteroatoms. The Morgan fingerprint density at radius 3 is 2.53 bits per heavy atom. The van der Waals surface area contributed by atoms with Gasteiger partial charge in [-0.25, -0.2) is 0 Å². The van der Waals surface area contributed by atoms with Crippen molar-refractivity contribution in [2.45, 2.75) is 57.3 Å². The highest BCUT2D eigenvalue weighted by Gasteiger charge is 2.34. The Bertz CT molecular complexity index is 1220. The van der Waals surface area contributed by atoms with Crippen molar-refractivity contribution in [1.82, 2.24) is 19.7 Å². The van der Waals surface area contributed by atoms with E-state index in [1.54, 1.807) is 6.08 Å². The lowest BCUT2D eigenvalue weighted by molar-refractivity contribution is -0.113. The molecule has 1 N–H and O–H groups in total. The summed E-state index contributed by atoms with van der Waals surface area (Å²) in [6, 6.07) is 15.4. The molecule has 0 aliphatic carbocycles. The van der Waals surface area contributed by atoms with Crippen LogP contribution < -0.4 is 5.32 Å². The first-order valence-corrected chi connectivity index (χ1v) is 13.3. The van der Waals surface area contributed by atoms with Crippen LogP contribution in [0.15, 0.2) is 66.3 Å². The van der Waals surface area contributed by atoms with Gasteiger partial charge in [0.05, 0.1) is 11.8 Å². The first-order chi connectivity index (χ1) is 17.4. The van der Waals surface area contributed by atoms with E-state index in [-0.39, 0.29) is 23.6 Å². The van der Waals surface area contributed by atoms with Gasteiger partial charge in [0.2, 0.25) is 5.91 Å². The molecule has 1 atom stereocenters. The summed E-state index contributed by atoms with van der Waals surface area (Å²) in [4.78, 5) is 27.7. The molecule has 4 rings (SSSR count). The molecule has 0 bridgehead atoms. The predicted molar refractivity (Wildman–Crippen MR) is 144 cm³/mol. The zero-order valence-electron chi connectivity index (χ0n) is 21.1. The quantitative estimate of drug-likeness (QED) is 0.304. The number of likely N-dealkylation sites (tertiary alicyclic amines) is 1. The van der Waals surface area contributed by atoms with Crippen molar-refractivity contribution < 1.29 is 9.59 Å². The molecule has 1 aliphatic heterocycles. The average Bonchev–Trinajstić information content (AvgIpc) is 3.50. The number of benzene rings is 2. The highest BCUT2D eigenvalue weighted by atomic mass is 32.2. The molecule has 2 heterocycles. The SMILES string of the molecule is C=CCn1c(SCC(=O)Nc2ccc(C(C)C)cc2)nnc1C1CCCN1C(=O)c1ccc(C)cc1. The zero-order valence-corrected chi connectivity index (χ0v) is 21.9. The van der Waals surface area contributed by atoms with Gasteiger partial charge >= 0.3 is 0 Å². The number of hydrogen-bond acceptors (Lipinski definition) is 5. The Hall–Kier alpha value is -3.39. The number of aryl methyl sites for hydroxylation is 1. The van der Waals surface area contributed by atoms with Crippen molar-refractivity contribution in [2.24, 2.45) is 0 Å². The van der Waals surface area contributed by atoms with E-state index in [0.29, 0.717) is 29.7 Å². The zero-order chi connectivity index (χ0) is 25.7. The summed E-state index contributed by atoms with van der Waals surface area (Å²) in [5, 5.41) is 12.4. The summed E-state index contributed by atoms with van der Waals surface area (Å²) in [5.41, 5.74) is 3.80. The van der Waals surface area contributed by atoms with Crippen molar-refractivity contribution in [2.75, 3.05) is 17.6 Å². The molecule has 1 fully saturated rings. The molecule has 0 saturated carbocycles. The summed E-state index contributed by atoms with van der Waals surface area (Å²) < 4.78 is 1.97. The molecule has 3 aromatic rings. The number of hydrogen-bond donors (Lipinski definition) is 1. The number of nitrogens with zero attached hydrogens (tertiary/aromatic N) is 4. The molecule has 36 heavy (non-hydrogen) atoms. The maximum atomic E-state index is 13.3. The van der Waals surface area contributed by atoms with Crippen LogP contribution >= 0.6 is 11.8 Å². The minimum atomic E-state index is -0.158. The summed E-state index contributed by atoms with van der Waals surface area (Å²) in [7, 11) is 0. The van der Waals surface area contributed by atoms with E-state index in [1.807, 2.05) is 64.9 Å². The Morgan fingerprint density at radius 2 is 1.86 bits per heavy atom. The van der Waals surface area contributed by atoms with Crippen LogP contribution in [0.25, 0.3) is 0 Å². The second-order valence-electron chi connectivity index (χ2n) is 9.38. The third-order valence-corrected chi connectivity index (χ3v) is 7.33. The number of allylic oxidation sites excluding steroid dienone is 1. The second kappa shape index (κ2) is 11.6. The number of carbonyl (C=O) groups excluding carboxylic acids is 2. The lowest BCUT2D eigenvalue weighted by Gasteiger charge is -2.24. The van der Waals surface area contributed by atoms with E-state index in [1.165, 1.54) is 17.3 Å². The van der Waals surface area contributed by atoms with Crippen LogP contribution in [-0.2, 0) is 11.3 Å². The van der Waals surface area contributed by atoms with Crippen molar-refractivity contribution >= 4 is 29.3 Å². The number of carbonyl (C=O) groups is 2. The van der Waals surface area contributed by atoms with Crippen LogP contribution in [0.2, 0.25) is 0 Å². The molecule has 2 amide bonds. The van der Waals surface area contributed by atoms with Gasteiger partial charge in [-0.2, -0.15) is 0 Å². The van der Waals surface area contributed by atoms with Crippen LogP contribution in [0.4, 0.5) is 5.69 Å². The fourth-order valence-corrected chi connectivity index (χ4v) is 5.13. The van der Waals surface area contributed by atoms with Crippen LogP contribution in [0.5, 0.6) is 0 Å². The van der Waals surface area contributed by atoms with Crippen molar-refractivity contribution in [3.05, 3.63) is 83.7 Å². The molecule has 0 spiro atoms.